The monoisotopic (exact) mass is 148 g/mol. The summed E-state index contributed by atoms with van der Waals surface area (Å²) in [5.41, 5.74) is 0. The lowest BCUT2D eigenvalue weighted by Crippen LogP contribution is -1.82. The average molecular weight is 148 g/mol. The summed E-state index contributed by atoms with van der Waals surface area (Å²) in [7, 11) is -4.79. The Morgan fingerprint density at radius 3 is 2.43 bits per heavy atom. The number of hydrogen-bond donors (Lipinski definition) is 2. The summed E-state index contributed by atoms with van der Waals surface area (Å²) in [6, 6.07) is -2.81. The number of alkyl halides is 1. The van der Waals surface area contributed by atoms with E-state index in [0.29, 0.717) is 0 Å². The van der Waals surface area contributed by atoms with Gasteiger partial charge in [-0.15, -0.1) is 0 Å². The van der Waals surface area contributed by atoms with Crippen molar-refractivity contribution in [1.82, 2.24) is 0 Å². The second kappa shape index (κ2) is 2.64. The quantitative estimate of drug-likeness (QED) is 0.436. The van der Waals surface area contributed by atoms with Gasteiger partial charge < -0.3 is 9.79 Å². The third kappa shape index (κ3) is 6.40. The maximum Gasteiger partial charge on any atom is 0.470 e. The summed E-state index contributed by atoms with van der Waals surface area (Å²) in [5.74, 6) is 0. The fraction of sp³-hybridized carbons (Fsp3) is 1.00. The third-order valence-corrected chi connectivity index (χ3v) is 0.667. The van der Waals surface area contributed by atoms with Crippen LogP contribution < -0.4 is 0 Å². The molecule has 0 saturated heterocycles. The molecule has 0 aliphatic rings. The molecule has 0 aliphatic carbocycles. The highest BCUT2D eigenvalue weighted by Gasteiger charge is 2.10. The second-order valence-corrected chi connectivity index (χ2v) is 1.98. The van der Waals surface area contributed by atoms with Gasteiger partial charge in [0.2, 0.25) is 0 Å². The Labute approximate surface area is 48.1 Å². The average Bonchev–Trinajstić information content (AvgIpc) is 1.14. The Hall–Kier alpha value is 0.400. The molecule has 0 amide bonds. The number of phosphoric ester groups is 1. The van der Waals surface area contributed by atoms with Crippen LogP contribution in [0, 0.1) is 0 Å². The lowest BCUT2D eigenvalue weighted by Gasteiger charge is -1.96. The molecule has 7 heavy (non-hydrogen) atoms. The van der Waals surface area contributed by atoms with E-state index in [1.165, 1.54) is 0 Å². The van der Waals surface area contributed by atoms with Gasteiger partial charge in [0.25, 0.3) is 0 Å². The molecule has 44 valence electrons. The largest absolute Gasteiger partial charge is 0.470 e. The molecule has 0 aliphatic heterocycles. The number of rotatable bonds is 2. The highest BCUT2D eigenvalue weighted by Crippen LogP contribution is 2.35. The molecule has 0 saturated carbocycles. The maximum atomic E-state index is 9.79. The van der Waals surface area contributed by atoms with Crippen LogP contribution in [0.15, 0.2) is 0 Å². The standard InChI is InChI=1S/CH4ClO4P/c2-1-6-7(3,4)5/h1H2,(H2,3,4,5)/i1D2. The summed E-state index contributed by atoms with van der Waals surface area (Å²) in [4.78, 5) is 15.8. The van der Waals surface area contributed by atoms with Gasteiger partial charge >= 0.3 is 7.82 Å². The molecule has 0 radical (unpaired) electrons. The first-order chi connectivity index (χ1) is 3.71. The van der Waals surface area contributed by atoms with Gasteiger partial charge in [0.15, 0.2) is 0 Å². The molecule has 0 bridgehead atoms. The topological polar surface area (TPSA) is 66.8 Å². The molecule has 0 aromatic carbocycles. The van der Waals surface area contributed by atoms with Crippen molar-refractivity contribution in [3.63, 3.8) is 0 Å². The zero-order valence-corrected chi connectivity index (χ0v) is 4.69. The van der Waals surface area contributed by atoms with Crippen LogP contribution in [0.3, 0.4) is 0 Å². The van der Waals surface area contributed by atoms with Crippen molar-refractivity contribution in [3.05, 3.63) is 0 Å². The third-order valence-electron chi connectivity index (χ3n) is 0.153. The molecule has 6 heteroatoms. The zero-order valence-electron chi connectivity index (χ0n) is 5.04. The first kappa shape index (κ1) is 4.30. The van der Waals surface area contributed by atoms with Crippen molar-refractivity contribution >= 4 is 19.4 Å². The zero-order chi connectivity index (χ0) is 7.71. The molecule has 0 heterocycles. The van der Waals surface area contributed by atoms with Crippen LogP contribution in [0.5, 0.6) is 0 Å². The Morgan fingerprint density at radius 2 is 2.43 bits per heavy atom. The van der Waals surface area contributed by atoms with Gasteiger partial charge in [-0.05, 0) is 0 Å². The highest BCUT2D eigenvalue weighted by atomic mass is 35.5. The van der Waals surface area contributed by atoms with E-state index in [-0.39, 0.29) is 0 Å². The van der Waals surface area contributed by atoms with Gasteiger partial charge in [-0.25, -0.2) is 4.57 Å². The number of hydrogen-bond acceptors (Lipinski definition) is 2. The molecule has 0 spiro atoms. The first-order valence-corrected chi connectivity index (χ1v) is 3.07. The molecule has 0 aromatic heterocycles. The summed E-state index contributed by atoms with van der Waals surface area (Å²) in [6.07, 6.45) is 0. The molecule has 0 fully saturated rings. The van der Waals surface area contributed by atoms with Crippen LogP contribution in [0.2, 0.25) is 0 Å². The van der Waals surface area contributed by atoms with Crippen LogP contribution in [-0.2, 0) is 9.09 Å². The molecule has 0 unspecified atom stereocenters. The van der Waals surface area contributed by atoms with Gasteiger partial charge in [0, 0.05) is 0 Å². The van der Waals surface area contributed by atoms with E-state index >= 15 is 0 Å². The fourth-order valence-electron chi connectivity index (χ4n) is 0.0449. The van der Waals surface area contributed by atoms with E-state index in [0.717, 1.165) is 0 Å². The minimum Gasteiger partial charge on any atom is -0.303 e. The molecular formula is CH4ClO4P. The summed E-state index contributed by atoms with van der Waals surface area (Å²) in [6.45, 7) is 0. The minimum absolute atomic E-state index is 2.81. The van der Waals surface area contributed by atoms with E-state index in [1.54, 1.807) is 0 Å². The Morgan fingerprint density at radius 1 is 2.00 bits per heavy atom. The molecule has 4 nitrogen and oxygen atoms in total. The Kier molecular flexibility index (Phi) is 1.62. The SMILES string of the molecule is [2H]C([2H])(Cl)OP(=O)(O)O. The van der Waals surface area contributed by atoms with E-state index in [9.17, 15) is 4.57 Å². The lowest BCUT2D eigenvalue weighted by atomic mass is 11.7. The predicted molar refractivity (Wildman–Crippen MR) is 23.8 cm³/mol. The summed E-state index contributed by atoms with van der Waals surface area (Å²) in [5, 5.41) is 0. The normalized spacial score (nSPS) is 18.1. The predicted octanol–water partition coefficient (Wildman–Crippen LogP) is 0.292. The molecular weight excluding hydrogens is 142 g/mol. The van der Waals surface area contributed by atoms with Gasteiger partial charge in [0.05, 0.1) is 2.74 Å². The van der Waals surface area contributed by atoms with Crippen LogP contribution in [0.4, 0.5) is 0 Å². The fourth-order valence-corrected chi connectivity index (χ4v) is 0.405. The lowest BCUT2D eigenvalue weighted by molar-refractivity contribution is 0.225. The number of halogens is 1. The van der Waals surface area contributed by atoms with Gasteiger partial charge in [-0.2, -0.15) is 0 Å². The molecule has 2 N–H and O–H groups in total. The van der Waals surface area contributed by atoms with Crippen molar-refractivity contribution in [2.75, 3.05) is 6.02 Å². The summed E-state index contributed by atoms with van der Waals surface area (Å²) < 4.78 is 25.8. The van der Waals surface area contributed by atoms with Crippen LogP contribution >= 0.6 is 19.4 Å². The molecule has 0 aromatic rings. The van der Waals surface area contributed by atoms with Crippen LogP contribution in [0.25, 0.3) is 0 Å². The smallest absolute Gasteiger partial charge is 0.303 e. The second-order valence-electron chi connectivity index (χ2n) is 0.659. The Bertz CT molecular complexity index is 136. The van der Waals surface area contributed by atoms with Crippen LogP contribution in [0.1, 0.15) is 2.74 Å². The molecule has 0 rings (SSSR count). The van der Waals surface area contributed by atoms with Crippen molar-refractivity contribution < 1.29 is 21.6 Å². The Balaban J connectivity index is 3.90. The number of phosphoric acid groups is 1. The van der Waals surface area contributed by atoms with Crippen molar-refractivity contribution in [1.29, 1.82) is 0 Å². The first-order valence-electron chi connectivity index (χ1n) is 2.16. The van der Waals surface area contributed by atoms with Crippen molar-refractivity contribution in [3.8, 4) is 0 Å². The van der Waals surface area contributed by atoms with Crippen molar-refractivity contribution in [2.45, 2.75) is 0 Å². The van der Waals surface area contributed by atoms with Crippen molar-refractivity contribution in [2.24, 2.45) is 0 Å². The summed E-state index contributed by atoms with van der Waals surface area (Å²) >= 11 is 4.64. The van der Waals surface area contributed by atoms with Gasteiger partial charge in [-0.3, -0.25) is 4.52 Å². The molecule has 0 atom stereocenters. The van der Waals surface area contributed by atoms with E-state index in [2.05, 4.69) is 16.1 Å². The van der Waals surface area contributed by atoms with Gasteiger partial charge in [-0.1, -0.05) is 11.6 Å². The van der Waals surface area contributed by atoms with E-state index < -0.39 is 13.8 Å². The van der Waals surface area contributed by atoms with E-state index in [4.69, 9.17) is 12.5 Å². The minimum atomic E-state index is -4.79. The van der Waals surface area contributed by atoms with Crippen LogP contribution in [-0.4, -0.2) is 15.8 Å². The van der Waals surface area contributed by atoms with Gasteiger partial charge in [0.1, 0.15) is 6.02 Å². The maximum absolute atomic E-state index is 9.79. The van der Waals surface area contributed by atoms with E-state index in [1.807, 2.05) is 0 Å². The highest BCUT2D eigenvalue weighted by molar-refractivity contribution is 7.46.